The number of epoxide rings is 2. The fraction of sp³-hybridized carbons (Fsp3) is 0.952. The molecule has 182 valence electrons. The topological polar surface area (TPSA) is 138 Å². The van der Waals surface area contributed by atoms with E-state index in [0.717, 1.165) is 44.9 Å². The summed E-state index contributed by atoms with van der Waals surface area (Å²) in [5.74, 6) is -0.431. The highest BCUT2D eigenvalue weighted by Crippen LogP contribution is 2.39. The summed E-state index contributed by atoms with van der Waals surface area (Å²) in [7, 11) is -4.63. The molecule has 0 aromatic heterocycles. The molecular weight excluding hydrogens is 427 g/mol. The molecule has 2 fully saturated rings. The molecule has 31 heavy (non-hydrogen) atoms. The van der Waals surface area contributed by atoms with Gasteiger partial charge in [0.1, 0.15) is 12.7 Å². The van der Waals surface area contributed by atoms with Crippen LogP contribution in [0.5, 0.6) is 0 Å². The molecule has 2 saturated heterocycles. The van der Waals surface area contributed by atoms with Gasteiger partial charge in [-0.2, -0.15) is 0 Å². The van der Waals surface area contributed by atoms with Crippen LogP contribution in [0.3, 0.4) is 0 Å². The largest absolute Gasteiger partial charge is 0.469 e. The van der Waals surface area contributed by atoms with Gasteiger partial charge < -0.3 is 29.1 Å². The molecule has 2 heterocycles. The Bertz CT molecular complexity index is 567. The average molecular weight is 467 g/mol. The van der Waals surface area contributed by atoms with Crippen molar-refractivity contribution in [2.45, 2.75) is 114 Å². The summed E-state index contributed by atoms with van der Waals surface area (Å²) in [6.45, 7) is 1.29. The second-order valence-corrected chi connectivity index (χ2v) is 9.83. The first-order chi connectivity index (χ1) is 14.8. The van der Waals surface area contributed by atoms with Crippen molar-refractivity contribution in [3.63, 3.8) is 0 Å². The van der Waals surface area contributed by atoms with Crippen LogP contribution in [0.15, 0.2) is 0 Å². The lowest BCUT2D eigenvalue weighted by Gasteiger charge is -2.12. The second-order valence-electron chi connectivity index (χ2n) is 8.59. The zero-order valence-electron chi connectivity index (χ0n) is 18.5. The quantitative estimate of drug-likeness (QED) is 0.113. The second kappa shape index (κ2) is 13.9. The SMILES string of the molecule is CCCCC[C@H]1O[C@H]1C[C@@H]1O[C@@H]1CCCCCCCC(=O)OC[C@H](O)COP(=O)(O)O. The molecule has 0 amide bonds. The minimum atomic E-state index is -4.63. The molecule has 0 aliphatic carbocycles. The van der Waals surface area contributed by atoms with E-state index < -0.39 is 26.5 Å². The van der Waals surface area contributed by atoms with E-state index in [1.165, 1.54) is 25.7 Å². The lowest BCUT2D eigenvalue weighted by Crippen LogP contribution is -2.23. The number of carbonyl (C=O) groups is 1. The molecule has 5 atom stereocenters. The Kier molecular flexibility index (Phi) is 12.0. The van der Waals surface area contributed by atoms with Gasteiger partial charge in [0, 0.05) is 12.8 Å². The maximum Gasteiger partial charge on any atom is 0.469 e. The van der Waals surface area contributed by atoms with Crippen molar-refractivity contribution < 1.29 is 43.0 Å². The van der Waals surface area contributed by atoms with Gasteiger partial charge in [0.15, 0.2) is 0 Å². The van der Waals surface area contributed by atoms with E-state index in [4.69, 9.17) is 24.0 Å². The highest BCUT2D eigenvalue weighted by molar-refractivity contribution is 7.46. The number of unbranched alkanes of at least 4 members (excludes halogenated alkanes) is 6. The van der Waals surface area contributed by atoms with Crippen molar-refractivity contribution in [1.29, 1.82) is 0 Å². The van der Waals surface area contributed by atoms with E-state index in [2.05, 4.69) is 11.4 Å². The third-order valence-electron chi connectivity index (χ3n) is 5.67. The van der Waals surface area contributed by atoms with Gasteiger partial charge in [-0.15, -0.1) is 0 Å². The number of phosphoric acid groups is 1. The summed E-state index contributed by atoms with van der Waals surface area (Å²) in [6, 6.07) is 0. The number of rotatable bonds is 19. The zero-order chi connectivity index (χ0) is 22.7. The predicted molar refractivity (Wildman–Crippen MR) is 113 cm³/mol. The predicted octanol–water partition coefficient (Wildman–Crippen LogP) is 3.24. The number of carbonyl (C=O) groups excluding carboxylic acids is 1. The first-order valence-electron chi connectivity index (χ1n) is 11.6. The van der Waals surface area contributed by atoms with Gasteiger partial charge in [0.2, 0.25) is 0 Å². The van der Waals surface area contributed by atoms with Crippen LogP contribution in [-0.4, -0.2) is 64.6 Å². The third-order valence-corrected chi connectivity index (χ3v) is 6.16. The molecule has 3 N–H and O–H groups in total. The lowest BCUT2D eigenvalue weighted by atomic mass is 10.0. The number of hydrogen-bond acceptors (Lipinski definition) is 7. The van der Waals surface area contributed by atoms with Crippen molar-refractivity contribution in [3.05, 3.63) is 0 Å². The maximum atomic E-state index is 11.6. The third kappa shape index (κ3) is 12.9. The molecule has 0 spiro atoms. The van der Waals surface area contributed by atoms with Crippen LogP contribution < -0.4 is 0 Å². The molecule has 2 aliphatic heterocycles. The number of phosphoric ester groups is 1. The molecule has 9 nitrogen and oxygen atoms in total. The Morgan fingerprint density at radius 1 is 0.903 bits per heavy atom. The maximum absolute atomic E-state index is 11.6. The van der Waals surface area contributed by atoms with Gasteiger partial charge >= 0.3 is 13.8 Å². The van der Waals surface area contributed by atoms with Crippen LogP contribution in [0.1, 0.15) is 84.0 Å². The number of esters is 1. The van der Waals surface area contributed by atoms with E-state index in [-0.39, 0.29) is 13.0 Å². The van der Waals surface area contributed by atoms with Crippen LogP contribution in [-0.2, 0) is 28.1 Å². The highest BCUT2D eigenvalue weighted by atomic mass is 31.2. The monoisotopic (exact) mass is 466 g/mol. The van der Waals surface area contributed by atoms with Gasteiger partial charge in [-0.25, -0.2) is 4.57 Å². The Morgan fingerprint density at radius 3 is 2.10 bits per heavy atom. The molecule has 10 heteroatoms. The summed E-state index contributed by atoms with van der Waals surface area (Å²) >= 11 is 0. The molecule has 0 saturated carbocycles. The summed E-state index contributed by atoms with van der Waals surface area (Å²) in [5.41, 5.74) is 0. The van der Waals surface area contributed by atoms with Crippen molar-refractivity contribution in [3.8, 4) is 0 Å². The van der Waals surface area contributed by atoms with Crippen molar-refractivity contribution in [1.82, 2.24) is 0 Å². The molecule has 0 aromatic rings. The van der Waals surface area contributed by atoms with E-state index in [9.17, 15) is 14.5 Å². The normalized spacial score (nSPS) is 25.9. The molecule has 0 unspecified atom stereocenters. The first kappa shape index (κ1) is 26.7. The number of ether oxygens (including phenoxy) is 3. The van der Waals surface area contributed by atoms with E-state index in [0.29, 0.717) is 24.4 Å². The fourth-order valence-electron chi connectivity index (χ4n) is 3.74. The van der Waals surface area contributed by atoms with Crippen LogP contribution in [0.4, 0.5) is 0 Å². The molecular formula is C21H39O9P. The minimum absolute atomic E-state index is 0.265. The number of hydrogen-bond donors (Lipinski definition) is 3. The first-order valence-corrected chi connectivity index (χ1v) is 13.2. The highest BCUT2D eigenvalue weighted by Gasteiger charge is 2.47. The van der Waals surface area contributed by atoms with Crippen LogP contribution in [0.25, 0.3) is 0 Å². The van der Waals surface area contributed by atoms with Crippen LogP contribution in [0.2, 0.25) is 0 Å². The fourth-order valence-corrected chi connectivity index (χ4v) is 4.11. The smallest absolute Gasteiger partial charge is 0.463 e. The van der Waals surface area contributed by atoms with E-state index in [1.54, 1.807) is 0 Å². The van der Waals surface area contributed by atoms with Gasteiger partial charge in [0.25, 0.3) is 0 Å². The zero-order valence-corrected chi connectivity index (χ0v) is 19.4. The summed E-state index contributed by atoms with van der Waals surface area (Å²) in [6.07, 6.45) is 12.8. The summed E-state index contributed by atoms with van der Waals surface area (Å²) < 4.78 is 31.0. The van der Waals surface area contributed by atoms with Gasteiger partial charge in [-0.1, -0.05) is 51.9 Å². The molecule has 0 aromatic carbocycles. The molecule has 0 bridgehead atoms. The van der Waals surface area contributed by atoms with E-state index >= 15 is 0 Å². The molecule has 2 rings (SSSR count). The summed E-state index contributed by atoms with van der Waals surface area (Å²) in [4.78, 5) is 28.7. The molecule has 2 aliphatic rings. The minimum Gasteiger partial charge on any atom is -0.463 e. The van der Waals surface area contributed by atoms with Gasteiger partial charge in [-0.05, 0) is 19.3 Å². The Hall–Kier alpha value is -0.540. The summed E-state index contributed by atoms with van der Waals surface area (Å²) in [5, 5.41) is 9.44. The average Bonchev–Trinajstić information content (AvgIpc) is 3.62. The van der Waals surface area contributed by atoms with Crippen molar-refractivity contribution >= 4 is 13.8 Å². The Balaban J connectivity index is 1.34. The standard InChI is InChI=1S/C21H39O9P/c1-2-3-7-10-17-19(29-17)13-20-18(30-20)11-8-5-4-6-9-12-21(23)27-14-16(22)15-28-31(24,25)26/h16-20,22H,2-15H2,1H3,(H2,24,25,26)/t16-,17+,18+,19-,20-/m0/s1. The van der Waals surface area contributed by atoms with Gasteiger partial charge in [0.05, 0.1) is 31.0 Å². The lowest BCUT2D eigenvalue weighted by molar-refractivity contribution is -0.147. The van der Waals surface area contributed by atoms with Crippen molar-refractivity contribution in [2.75, 3.05) is 13.2 Å². The number of aliphatic hydroxyl groups is 1. The Labute approximate surface area is 185 Å². The van der Waals surface area contributed by atoms with Crippen molar-refractivity contribution in [2.24, 2.45) is 0 Å². The van der Waals surface area contributed by atoms with E-state index in [1.807, 2.05) is 0 Å². The van der Waals surface area contributed by atoms with Gasteiger partial charge in [-0.3, -0.25) is 9.32 Å². The Morgan fingerprint density at radius 2 is 1.48 bits per heavy atom. The van der Waals surface area contributed by atoms with Crippen LogP contribution in [0, 0.1) is 0 Å². The molecule has 0 radical (unpaired) electrons. The number of aliphatic hydroxyl groups excluding tert-OH is 1. The van der Waals surface area contributed by atoms with Crippen LogP contribution >= 0.6 is 7.82 Å².